The van der Waals surface area contributed by atoms with Gasteiger partial charge in [0.2, 0.25) is 15.9 Å². The third-order valence-electron chi connectivity index (χ3n) is 3.58. The molecule has 0 aliphatic carbocycles. The lowest BCUT2D eigenvalue weighted by molar-refractivity contribution is -0.128. The third-order valence-corrected chi connectivity index (χ3v) is 5.49. The number of amides is 1. The molecule has 0 spiro atoms. The Morgan fingerprint density at radius 2 is 1.91 bits per heavy atom. The Hall–Kier alpha value is -1.37. The summed E-state index contributed by atoms with van der Waals surface area (Å²) in [6, 6.07) is 7.06. The van der Waals surface area contributed by atoms with E-state index in [4.69, 9.17) is 11.6 Å². The number of hydrogen-bond donors (Lipinski definition) is 0. The van der Waals surface area contributed by atoms with E-state index in [1.54, 1.807) is 29.2 Å². The van der Waals surface area contributed by atoms with E-state index in [-0.39, 0.29) is 5.91 Å². The van der Waals surface area contributed by atoms with Gasteiger partial charge in [-0.2, -0.15) is 4.31 Å². The Bertz CT molecular complexity index is 673. The van der Waals surface area contributed by atoms with Crippen molar-refractivity contribution in [1.29, 1.82) is 0 Å². The van der Waals surface area contributed by atoms with Crippen molar-refractivity contribution in [2.75, 3.05) is 26.2 Å². The first-order valence-electron chi connectivity index (χ1n) is 7.08. The summed E-state index contributed by atoms with van der Waals surface area (Å²) in [5.74, 6) is -0.0224. The van der Waals surface area contributed by atoms with Crippen LogP contribution in [0.25, 0.3) is 6.08 Å². The van der Waals surface area contributed by atoms with Crippen LogP contribution in [0, 0.1) is 0 Å². The summed E-state index contributed by atoms with van der Waals surface area (Å²) in [4.78, 5) is 13.1. The summed E-state index contributed by atoms with van der Waals surface area (Å²) < 4.78 is 26.2. The molecular weight excluding hydrogens is 324 g/mol. The SMILES string of the molecule is CC(=O)N1CCCN(S(=O)(=O)/C=C/c2ccccc2Cl)CC1. The summed E-state index contributed by atoms with van der Waals surface area (Å²) in [5.41, 5.74) is 0.660. The summed E-state index contributed by atoms with van der Waals surface area (Å²) in [6.07, 6.45) is 2.14. The average molecular weight is 343 g/mol. The normalized spacial score (nSPS) is 17.6. The van der Waals surface area contributed by atoms with Crippen LogP contribution in [0.2, 0.25) is 5.02 Å². The fourth-order valence-corrected chi connectivity index (χ4v) is 3.73. The van der Waals surface area contributed by atoms with Crippen molar-refractivity contribution in [3.63, 3.8) is 0 Å². The molecule has 1 aromatic rings. The smallest absolute Gasteiger partial charge is 0.236 e. The summed E-state index contributed by atoms with van der Waals surface area (Å²) >= 11 is 6.02. The van der Waals surface area contributed by atoms with Gasteiger partial charge in [0.1, 0.15) is 0 Å². The highest BCUT2D eigenvalue weighted by Gasteiger charge is 2.23. The van der Waals surface area contributed by atoms with Crippen molar-refractivity contribution in [2.24, 2.45) is 0 Å². The van der Waals surface area contributed by atoms with Crippen molar-refractivity contribution >= 4 is 33.6 Å². The molecule has 0 saturated carbocycles. The molecule has 1 heterocycles. The first kappa shape index (κ1) is 17.0. The highest BCUT2D eigenvalue weighted by molar-refractivity contribution is 7.92. The first-order chi connectivity index (χ1) is 10.4. The fourth-order valence-electron chi connectivity index (χ4n) is 2.32. The summed E-state index contributed by atoms with van der Waals surface area (Å²) in [6.45, 7) is 3.25. The molecule has 0 aromatic heterocycles. The molecule has 1 aromatic carbocycles. The Morgan fingerprint density at radius 1 is 1.18 bits per heavy atom. The predicted molar refractivity (Wildman–Crippen MR) is 87.8 cm³/mol. The molecule has 1 fully saturated rings. The fraction of sp³-hybridized carbons (Fsp3) is 0.400. The van der Waals surface area contributed by atoms with E-state index in [9.17, 15) is 13.2 Å². The van der Waals surface area contributed by atoms with Crippen LogP contribution in [0.15, 0.2) is 29.7 Å². The van der Waals surface area contributed by atoms with Gasteiger partial charge >= 0.3 is 0 Å². The number of rotatable bonds is 3. The molecular formula is C15H19ClN2O3S. The predicted octanol–water partition coefficient (Wildman–Crippen LogP) is 2.19. The number of nitrogens with zero attached hydrogens (tertiary/aromatic N) is 2. The maximum absolute atomic E-state index is 12.4. The van der Waals surface area contributed by atoms with Gasteiger partial charge in [-0.15, -0.1) is 0 Å². The van der Waals surface area contributed by atoms with Crippen LogP contribution in [0.4, 0.5) is 0 Å². The molecule has 0 radical (unpaired) electrons. The zero-order valence-electron chi connectivity index (χ0n) is 12.4. The van der Waals surface area contributed by atoms with Gasteiger partial charge in [-0.05, 0) is 24.1 Å². The topological polar surface area (TPSA) is 57.7 Å². The molecule has 0 unspecified atom stereocenters. The zero-order valence-corrected chi connectivity index (χ0v) is 14.0. The Kier molecular flexibility index (Phi) is 5.61. The van der Waals surface area contributed by atoms with E-state index < -0.39 is 10.0 Å². The molecule has 22 heavy (non-hydrogen) atoms. The lowest BCUT2D eigenvalue weighted by Crippen LogP contribution is -2.35. The van der Waals surface area contributed by atoms with Gasteiger partial charge in [-0.25, -0.2) is 8.42 Å². The maximum atomic E-state index is 12.4. The molecule has 5 nitrogen and oxygen atoms in total. The lowest BCUT2D eigenvalue weighted by atomic mass is 10.2. The van der Waals surface area contributed by atoms with Crippen LogP contribution in [-0.2, 0) is 14.8 Å². The molecule has 1 saturated heterocycles. The van der Waals surface area contributed by atoms with Crippen LogP contribution < -0.4 is 0 Å². The Morgan fingerprint density at radius 3 is 2.59 bits per heavy atom. The van der Waals surface area contributed by atoms with Gasteiger partial charge in [0.25, 0.3) is 0 Å². The second-order valence-electron chi connectivity index (χ2n) is 5.13. The Labute approximate surface area is 136 Å². The van der Waals surface area contributed by atoms with Crippen molar-refractivity contribution in [1.82, 2.24) is 9.21 Å². The number of carbonyl (C=O) groups excluding carboxylic acids is 1. The van der Waals surface area contributed by atoms with Crippen LogP contribution in [0.1, 0.15) is 18.9 Å². The number of carbonyl (C=O) groups is 1. The standard InChI is InChI=1S/C15H19ClN2O3S/c1-13(19)17-8-4-9-18(11-10-17)22(20,21)12-7-14-5-2-3-6-15(14)16/h2-3,5-7,12H,4,8-11H2,1H3/b12-7+. The van der Waals surface area contributed by atoms with Gasteiger partial charge in [-0.1, -0.05) is 29.8 Å². The van der Waals surface area contributed by atoms with Crippen molar-refractivity contribution in [3.8, 4) is 0 Å². The molecule has 0 N–H and O–H groups in total. The largest absolute Gasteiger partial charge is 0.342 e. The van der Waals surface area contributed by atoms with E-state index >= 15 is 0 Å². The lowest BCUT2D eigenvalue weighted by Gasteiger charge is -2.19. The van der Waals surface area contributed by atoms with Gasteiger partial charge in [0.15, 0.2) is 0 Å². The van der Waals surface area contributed by atoms with Crippen LogP contribution in [0.5, 0.6) is 0 Å². The molecule has 1 aliphatic rings. The second-order valence-corrected chi connectivity index (χ2v) is 7.35. The molecule has 1 amide bonds. The van der Waals surface area contributed by atoms with Gasteiger partial charge < -0.3 is 4.90 Å². The van der Waals surface area contributed by atoms with E-state index in [2.05, 4.69) is 0 Å². The van der Waals surface area contributed by atoms with E-state index in [0.29, 0.717) is 43.2 Å². The Balaban J connectivity index is 2.10. The minimum atomic E-state index is -3.51. The number of halogens is 1. The molecule has 7 heteroatoms. The van der Waals surface area contributed by atoms with Crippen LogP contribution in [-0.4, -0.2) is 49.7 Å². The highest BCUT2D eigenvalue weighted by atomic mass is 35.5. The van der Waals surface area contributed by atoms with Gasteiger partial charge in [-0.3, -0.25) is 4.79 Å². The van der Waals surface area contributed by atoms with Crippen LogP contribution >= 0.6 is 11.6 Å². The summed E-state index contributed by atoms with van der Waals surface area (Å²) in [5, 5.41) is 1.69. The highest BCUT2D eigenvalue weighted by Crippen LogP contribution is 2.18. The average Bonchev–Trinajstić information content (AvgIpc) is 2.73. The van der Waals surface area contributed by atoms with Crippen LogP contribution in [0.3, 0.4) is 0 Å². The first-order valence-corrected chi connectivity index (χ1v) is 8.96. The van der Waals surface area contributed by atoms with E-state index in [0.717, 1.165) is 0 Å². The summed E-state index contributed by atoms with van der Waals surface area (Å²) in [7, 11) is -3.51. The van der Waals surface area contributed by atoms with Crippen molar-refractivity contribution in [3.05, 3.63) is 40.3 Å². The maximum Gasteiger partial charge on any atom is 0.236 e. The number of hydrogen-bond acceptors (Lipinski definition) is 3. The molecule has 120 valence electrons. The number of benzene rings is 1. The van der Waals surface area contributed by atoms with Crippen molar-refractivity contribution in [2.45, 2.75) is 13.3 Å². The van der Waals surface area contributed by atoms with Gasteiger partial charge in [0, 0.05) is 43.5 Å². The molecule has 0 atom stereocenters. The second kappa shape index (κ2) is 7.26. The minimum Gasteiger partial charge on any atom is -0.342 e. The van der Waals surface area contributed by atoms with Gasteiger partial charge in [0.05, 0.1) is 0 Å². The van der Waals surface area contributed by atoms with E-state index in [1.165, 1.54) is 22.7 Å². The molecule has 1 aliphatic heterocycles. The molecule has 0 bridgehead atoms. The third kappa shape index (κ3) is 4.32. The number of sulfonamides is 1. The molecule has 2 rings (SSSR count). The van der Waals surface area contributed by atoms with Crippen molar-refractivity contribution < 1.29 is 13.2 Å². The monoisotopic (exact) mass is 342 g/mol. The quantitative estimate of drug-likeness (QED) is 0.846. The van der Waals surface area contributed by atoms with E-state index in [1.807, 2.05) is 0 Å². The minimum absolute atomic E-state index is 0.0224. The zero-order chi connectivity index (χ0) is 16.2.